The Morgan fingerprint density at radius 2 is 1.95 bits per heavy atom. The van der Waals surface area contributed by atoms with Gasteiger partial charge in [-0.3, -0.25) is 4.79 Å². The summed E-state index contributed by atoms with van der Waals surface area (Å²) in [5.74, 6) is 1.51. The number of thioether (sulfide) groups is 1. The van der Waals surface area contributed by atoms with Gasteiger partial charge in [0.15, 0.2) is 0 Å². The molecule has 0 radical (unpaired) electrons. The van der Waals surface area contributed by atoms with E-state index in [-0.39, 0.29) is 17.1 Å². The lowest BCUT2D eigenvalue weighted by Crippen LogP contribution is -2.29. The van der Waals surface area contributed by atoms with Crippen LogP contribution in [0.4, 0.5) is 11.5 Å². The number of hydrogen-bond donors (Lipinski definition) is 2. The van der Waals surface area contributed by atoms with Crippen molar-refractivity contribution in [3.05, 3.63) is 54.2 Å². The van der Waals surface area contributed by atoms with Crippen LogP contribution in [-0.2, 0) is 10.5 Å². The van der Waals surface area contributed by atoms with Crippen LogP contribution in [0.3, 0.4) is 0 Å². The number of aromatic nitrogens is 1. The molecule has 0 aliphatic heterocycles. The fourth-order valence-corrected chi connectivity index (χ4v) is 3.18. The molecule has 0 aliphatic rings. The quantitative estimate of drug-likeness (QED) is 0.855. The van der Waals surface area contributed by atoms with Gasteiger partial charge in [-0.15, -0.1) is 11.8 Å². The minimum absolute atomic E-state index is 0.00232. The van der Waals surface area contributed by atoms with E-state index in [2.05, 4.69) is 36.3 Å². The molecular weight excluding hydrogens is 294 g/mol. The van der Waals surface area contributed by atoms with E-state index in [0.717, 1.165) is 5.75 Å². The summed E-state index contributed by atoms with van der Waals surface area (Å²) in [5, 5.41) is 2.80. The highest BCUT2D eigenvalue weighted by Gasteiger charge is 2.22. The molecule has 1 aromatic heterocycles. The van der Waals surface area contributed by atoms with E-state index >= 15 is 0 Å². The number of nitrogens with one attached hydrogen (secondary N) is 1. The first kappa shape index (κ1) is 16.4. The van der Waals surface area contributed by atoms with Crippen LogP contribution < -0.4 is 11.1 Å². The fraction of sp³-hybridized carbons (Fsp3) is 0.294. The first-order valence-corrected chi connectivity index (χ1v) is 8.29. The normalized spacial score (nSPS) is 12.1. The Labute approximate surface area is 135 Å². The number of nitrogens with zero attached hydrogens (tertiary/aromatic N) is 1. The molecule has 22 heavy (non-hydrogen) atoms. The summed E-state index contributed by atoms with van der Waals surface area (Å²) in [5.41, 5.74) is 7.44. The molecule has 1 unspecified atom stereocenters. The second kappa shape index (κ2) is 7.84. The number of rotatable bonds is 6. The van der Waals surface area contributed by atoms with Crippen molar-refractivity contribution in [1.29, 1.82) is 0 Å². The van der Waals surface area contributed by atoms with Crippen LogP contribution in [0, 0.1) is 5.92 Å². The van der Waals surface area contributed by atoms with E-state index < -0.39 is 0 Å². The van der Waals surface area contributed by atoms with E-state index in [0.29, 0.717) is 11.5 Å². The zero-order valence-electron chi connectivity index (χ0n) is 12.8. The van der Waals surface area contributed by atoms with Crippen molar-refractivity contribution in [2.45, 2.75) is 24.9 Å². The molecule has 0 bridgehead atoms. The van der Waals surface area contributed by atoms with Gasteiger partial charge in [-0.05, 0) is 23.6 Å². The lowest BCUT2D eigenvalue weighted by atomic mass is 10.1. The summed E-state index contributed by atoms with van der Waals surface area (Å²) in [4.78, 5) is 16.5. The van der Waals surface area contributed by atoms with Gasteiger partial charge in [0.05, 0.1) is 17.1 Å². The van der Waals surface area contributed by atoms with Gasteiger partial charge in [0, 0.05) is 5.75 Å². The fourth-order valence-electron chi connectivity index (χ4n) is 2.02. The van der Waals surface area contributed by atoms with Crippen LogP contribution in [0.5, 0.6) is 0 Å². The number of pyridine rings is 1. The molecule has 0 saturated carbocycles. The van der Waals surface area contributed by atoms with Crippen LogP contribution in [0.15, 0.2) is 48.7 Å². The van der Waals surface area contributed by atoms with Crippen LogP contribution in [0.2, 0.25) is 0 Å². The highest BCUT2D eigenvalue weighted by molar-refractivity contribution is 7.99. The first-order valence-electron chi connectivity index (χ1n) is 7.24. The van der Waals surface area contributed by atoms with Crippen LogP contribution >= 0.6 is 11.8 Å². The Bertz CT molecular complexity index is 599. The highest BCUT2D eigenvalue weighted by Crippen LogP contribution is 2.25. The molecule has 3 N–H and O–H groups in total. The molecule has 2 aromatic rings. The Morgan fingerprint density at radius 3 is 2.55 bits per heavy atom. The third kappa shape index (κ3) is 4.77. The summed E-state index contributed by atoms with van der Waals surface area (Å²) in [6.45, 7) is 4.12. The monoisotopic (exact) mass is 315 g/mol. The van der Waals surface area contributed by atoms with Crippen LogP contribution in [0.1, 0.15) is 19.4 Å². The van der Waals surface area contributed by atoms with E-state index in [1.165, 1.54) is 5.56 Å². The SMILES string of the molecule is CC(C)C(SCc1ccccc1)C(=O)Nc1ccc(N)nc1. The van der Waals surface area contributed by atoms with E-state index in [1.54, 1.807) is 30.1 Å². The zero-order chi connectivity index (χ0) is 15.9. The number of nitrogen functional groups attached to an aromatic ring is 1. The minimum Gasteiger partial charge on any atom is -0.384 e. The molecule has 1 atom stereocenters. The van der Waals surface area contributed by atoms with Gasteiger partial charge in [-0.2, -0.15) is 0 Å². The molecular formula is C17H21N3OS. The third-order valence-electron chi connectivity index (χ3n) is 3.19. The van der Waals surface area contributed by atoms with Crippen molar-refractivity contribution >= 4 is 29.2 Å². The smallest absolute Gasteiger partial charge is 0.237 e. The van der Waals surface area contributed by atoms with Crippen molar-refractivity contribution in [3.8, 4) is 0 Å². The molecule has 116 valence electrons. The van der Waals surface area contributed by atoms with Gasteiger partial charge in [0.25, 0.3) is 0 Å². The Balaban J connectivity index is 1.97. The van der Waals surface area contributed by atoms with Gasteiger partial charge >= 0.3 is 0 Å². The second-order valence-corrected chi connectivity index (χ2v) is 6.55. The van der Waals surface area contributed by atoms with Crippen molar-refractivity contribution in [2.75, 3.05) is 11.1 Å². The second-order valence-electron chi connectivity index (χ2n) is 5.42. The summed E-state index contributed by atoms with van der Waals surface area (Å²) in [6.07, 6.45) is 1.58. The maximum atomic E-state index is 12.5. The van der Waals surface area contributed by atoms with Gasteiger partial charge in [0.2, 0.25) is 5.91 Å². The van der Waals surface area contributed by atoms with Gasteiger partial charge in [-0.1, -0.05) is 44.2 Å². The standard InChI is InChI=1S/C17H21N3OS/c1-12(2)16(22-11-13-6-4-3-5-7-13)17(21)20-14-8-9-15(18)19-10-14/h3-10,12,16H,11H2,1-2H3,(H2,18,19)(H,20,21). The van der Waals surface area contributed by atoms with Crippen molar-refractivity contribution in [3.63, 3.8) is 0 Å². The molecule has 1 aromatic carbocycles. The van der Waals surface area contributed by atoms with Crippen molar-refractivity contribution in [2.24, 2.45) is 5.92 Å². The summed E-state index contributed by atoms with van der Waals surface area (Å²) >= 11 is 1.66. The topological polar surface area (TPSA) is 68.0 Å². The molecule has 4 nitrogen and oxygen atoms in total. The number of hydrogen-bond acceptors (Lipinski definition) is 4. The number of nitrogens with two attached hydrogens (primary N) is 1. The molecule has 1 amide bonds. The Morgan fingerprint density at radius 1 is 1.23 bits per heavy atom. The van der Waals surface area contributed by atoms with Gasteiger partial charge in [-0.25, -0.2) is 4.98 Å². The molecule has 1 heterocycles. The maximum absolute atomic E-state index is 12.5. The average molecular weight is 315 g/mol. The first-order chi connectivity index (χ1) is 10.6. The van der Waals surface area contributed by atoms with Crippen LogP contribution in [0.25, 0.3) is 0 Å². The largest absolute Gasteiger partial charge is 0.384 e. The maximum Gasteiger partial charge on any atom is 0.237 e. The van der Waals surface area contributed by atoms with Crippen LogP contribution in [-0.4, -0.2) is 16.1 Å². The summed E-state index contributed by atoms with van der Waals surface area (Å²) < 4.78 is 0. The average Bonchev–Trinajstić information content (AvgIpc) is 2.50. The van der Waals surface area contributed by atoms with Crippen molar-refractivity contribution < 1.29 is 4.79 Å². The van der Waals surface area contributed by atoms with E-state index in [4.69, 9.17) is 5.73 Å². The van der Waals surface area contributed by atoms with E-state index in [1.807, 2.05) is 18.2 Å². The lowest BCUT2D eigenvalue weighted by molar-refractivity contribution is -0.116. The number of carbonyl (C=O) groups is 1. The van der Waals surface area contributed by atoms with Crippen molar-refractivity contribution in [1.82, 2.24) is 4.98 Å². The number of amides is 1. The lowest BCUT2D eigenvalue weighted by Gasteiger charge is -2.20. The molecule has 0 spiro atoms. The number of anilines is 2. The predicted octanol–water partition coefficient (Wildman–Crippen LogP) is 3.56. The molecule has 0 aliphatic carbocycles. The summed E-state index contributed by atoms with van der Waals surface area (Å²) in [6, 6.07) is 13.6. The number of benzene rings is 1. The molecule has 0 saturated heterocycles. The molecule has 5 heteroatoms. The number of carbonyl (C=O) groups excluding carboxylic acids is 1. The minimum atomic E-state index is -0.113. The van der Waals surface area contributed by atoms with Gasteiger partial charge < -0.3 is 11.1 Å². The molecule has 2 rings (SSSR count). The zero-order valence-corrected chi connectivity index (χ0v) is 13.6. The third-order valence-corrected chi connectivity index (χ3v) is 4.81. The highest BCUT2D eigenvalue weighted by atomic mass is 32.2. The Kier molecular flexibility index (Phi) is 5.83. The molecule has 0 fully saturated rings. The van der Waals surface area contributed by atoms with Gasteiger partial charge in [0.1, 0.15) is 5.82 Å². The Hall–Kier alpha value is -2.01. The summed E-state index contributed by atoms with van der Waals surface area (Å²) in [7, 11) is 0. The van der Waals surface area contributed by atoms with E-state index in [9.17, 15) is 4.79 Å². The predicted molar refractivity (Wildman–Crippen MR) is 93.6 cm³/mol.